The van der Waals surface area contributed by atoms with Crippen LogP contribution >= 0.6 is 11.6 Å². The van der Waals surface area contributed by atoms with Gasteiger partial charge in [0.2, 0.25) is 10.0 Å². The van der Waals surface area contributed by atoms with Gasteiger partial charge in [0.15, 0.2) is 0 Å². The van der Waals surface area contributed by atoms with Gasteiger partial charge < -0.3 is 4.90 Å². The number of piperazine rings is 1. The first-order valence-electron chi connectivity index (χ1n) is 8.26. The molecule has 0 aliphatic carbocycles. The summed E-state index contributed by atoms with van der Waals surface area (Å²) in [6.07, 6.45) is 1.60. The Balaban J connectivity index is 1.78. The third-order valence-electron chi connectivity index (χ3n) is 5.13. The Hall–Kier alpha value is -2.47. The molecule has 1 aromatic heterocycles. The van der Waals surface area contributed by atoms with E-state index in [0.717, 1.165) is 0 Å². The van der Waals surface area contributed by atoms with Gasteiger partial charge in [-0.3, -0.25) is 9.78 Å². The molecule has 2 aromatic rings. The smallest absolute Gasteiger partial charge is 0.256 e. The fourth-order valence-electron chi connectivity index (χ4n) is 3.79. The van der Waals surface area contributed by atoms with E-state index in [2.05, 4.69) is 4.98 Å². The van der Waals surface area contributed by atoms with Crippen LogP contribution in [0.4, 0.5) is 0 Å². The van der Waals surface area contributed by atoms with Gasteiger partial charge in [-0.2, -0.15) is 9.57 Å². The van der Waals surface area contributed by atoms with Crippen LogP contribution in [0.3, 0.4) is 0 Å². The number of fused-ring (bicyclic) bond motifs is 3. The average molecular weight is 403 g/mol. The summed E-state index contributed by atoms with van der Waals surface area (Å²) in [5.41, 5.74) is 0.249. The van der Waals surface area contributed by atoms with E-state index in [1.807, 2.05) is 13.0 Å². The maximum absolute atomic E-state index is 13.2. The third-order valence-corrected chi connectivity index (χ3v) is 7.25. The van der Waals surface area contributed by atoms with Crippen molar-refractivity contribution in [3.05, 3.63) is 58.4 Å². The summed E-state index contributed by atoms with van der Waals surface area (Å²) in [7, 11) is -3.96. The molecule has 1 unspecified atom stereocenters. The highest BCUT2D eigenvalue weighted by Crippen LogP contribution is 2.41. The van der Waals surface area contributed by atoms with Crippen LogP contribution in [-0.4, -0.2) is 48.1 Å². The van der Waals surface area contributed by atoms with E-state index in [-0.39, 0.29) is 41.0 Å². The molecule has 0 spiro atoms. The number of benzene rings is 1. The summed E-state index contributed by atoms with van der Waals surface area (Å²) in [4.78, 5) is 18.6. The first kappa shape index (κ1) is 17.9. The first-order chi connectivity index (χ1) is 12.8. The Bertz CT molecular complexity index is 1110. The number of hydrogen-bond acceptors (Lipinski definition) is 5. The highest BCUT2D eigenvalue weighted by Gasteiger charge is 2.52. The molecule has 1 amide bonds. The summed E-state index contributed by atoms with van der Waals surface area (Å²) in [6, 6.07) is 9.46. The van der Waals surface area contributed by atoms with Gasteiger partial charge in [0.05, 0.1) is 22.4 Å². The molecule has 1 aromatic carbocycles. The Labute approximate surface area is 161 Å². The normalized spacial score (nSPS) is 22.3. The number of halogens is 1. The predicted octanol–water partition coefficient (Wildman–Crippen LogP) is 1.98. The quantitative estimate of drug-likeness (QED) is 0.765. The zero-order chi connectivity index (χ0) is 19.4. The van der Waals surface area contributed by atoms with E-state index in [0.29, 0.717) is 11.3 Å². The topological polar surface area (TPSA) is 94.4 Å². The van der Waals surface area contributed by atoms with Gasteiger partial charge in [-0.05, 0) is 37.3 Å². The van der Waals surface area contributed by atoms with Gasteiger partial charge in [0.25, 0.3) is 5.91 Å². The molecular formula is C18H15ClN4O3S. The average Bonchev–Trinajstić information content (AvgIpc) is 2.89. The molecule has 0 radical (unpaired) electrons. The number of rotatable bonds is 2. The molecule has 2 aliphatic rings. The number of pyridine rings is 1. The van der Waals surface area contributed by atoms with Gasteiger partial charge in [0.1, 0.15) is 11.0 Å². The highest BCUT2D eigenvalue weighted by molar-refractivity contribution is 7.89. The molecule has 138 valence electrons. The molecule has 1 fully saturated rings. The molecule has 9 heteroatoms. The van der Waals surface area contributed by atoms with Gasteiger partial charge >= 0.3 is 0 Å². The van der Waals surface area contributed by atoms with E-state index in [1.54, 1.807) is 23.2 Å². The lowest BCUT2D eigenvalue weighted by Gasteiger charge is -2.44. The summed E-state index contributed by atoms with van der Waals surface area (Å²) in [5.74, 6) is -0.141. The molecule has 0 N–H and O–H groups in total. The number of amides is 1. The summed E-state index contributed by atoms with van der Waals surface area (Å²) < 4.78 is 27.8. The van der Waals surface area contributed by atoms with Gasteiger partial charge in [-0.1, -0.05) is 11.6 Å². The SMILES string of the molecule is CC12CN(S(=O)(=O)c3cc(Cl)ccc3C#N)CCN1C(=O)c1cccnc12. The molecule has 0 saturated carbocycles. The van der Waals surface area contributed by atoms with Crippen molar-refractivity contribution in [2.45, 2.75) is 17.4 Å². The minimum Gasteiger partial charge on any atom is -0.325 e. The predicted molar refractivity (Wildman–Crippen MR) is 97.6 cm³/mol. The van der Waals surface area contributed by atoms with Gasteiger partial charge in [0, 0.05) is 30.9 Å². The molecule has 4 rings (SSSR count). The van der Waals surface area contributed by atoms with Crippen LogP contribution in [0.5, 0.6) is 0 Å². The van der Waals surface area contributed by atoms with Crippen LogP contribution in [0.1, 0.15) is 28.5 Å². The largest absolute Gasteiger partial charge is 0.325 e. The van der Waals surface area contributed by atoms with E-state index < -0.39 is 15.6 Å². The fraction of sp³-hybridized carbons (Fsp3) is 0.278. The van der Waals surface area contributed by atoms with Crippen molar-refractivity contribution in [1.29, 1.82) is 5.26 Å². The van der Waals surface area contributed by atoms with Crippen LogP contribution in [0.15, 0.2) is 41.4 Å². The van der Waals surface area contributed by atoms with Crippen molar-refractivity contribution < 1.29 is 13.2 Å². The second-order valence-corrected chi connectivity index (χ2v) is 9.06. The summed E-state index contributed by atoms with van der Waals surface area (Å²) >= 11 is 5.97. The van der Waals surface area contributed by atoms with Crippen LogP contribution < -0.4 is 0 Å². The standard InChI is InChI=1S/C18H15ClN4O3S/c1-18-11-22(27(25,26)15-9-13(19)5-4-12(15)10-20)7-8-23(18)17(24)14-3-2-6-21-16(14)18/h2-6,9H,7-8,11H2,1H3. The van der Waals surface area contributed by atoms with E-state index in [9.17, 15) is 18.5 Å². The Morgan fingerprint density at radius 1 is 1.30 bits per heavy atom. The highest BCUT2D eigenvalue weighted by atomic mass is 35.5. The van der Waals surface area contributed by atoms with Crippen molar-refractivity contribution in [3.8, 4) is 6.07 Å². The van der Waals surface area contributed by atoms with Crippen LogP contribution in [0.2, 0.25) is 5.02 Å². The molecule has 0 bridgehead atoms. The molecule has 7 nitrogen and oxygen atoms in total. The summed E-state index contributed by atoms with van der Waals surface area (Å²) in [5, 5.41) is 9.53. The molecule has 2 aliphatic heterocycles. The van der Waals surface area contributed by atoms with Crippen molar-refractivity contribution in [2.24, 2.45) is 0 Å². The second-order valence-electron chi connectivity index (χ2n) is 6.72. The Kier molecular flexibility index (Phi) is 4.00. The Morgan fingerprint density at radius 3 is 2.81 bits per heavy atom. The van der Waals surface area contributed by atoms with E-state index in [1.165, 1.54) is 22.5 Å². The third kappa shape index (κ3) is 2.54. The number of hydrogen-bond donors (Lipinski definition) is 0. The number of carbonyl (C=O) groups is 1. The lowest BCUT2D eigenvalue weighted by Crippen LogP contribution is -2.58. The number of sulfonamides is 1. The lowest BCUT2D eigenvalue weighted by molar-refractivity contribution is 0.0365. The van der Waals surface area contributed by atoms with Gasteiger partial charge in [-0.25, -0.2) is 8.42 Å². The zero-order valence-corrected chi connectivity index (χ0v) is 16.0. The first-order valence-corrected chi connectivity index (χ1v) is 10.1. The summed E-state index contributed by atoms with van der Waals surface area (Å²) in [6.45, 7) is 2.25. The fourth-order valence-corrected chi connectivity index (χ4v) is 5.72. The molecule has 27 heavy (non-hydrogen) atoms. The zero-order valence-electron chi connectivity index (χ0n) is 14.4. The van der Waals surface area contributed by atoms with Crippen LogP contribution in [0, 0.1) is 11.3 Å². The van der Waals surface area contributed by atoms with Crippen molar-refractivity contribution in [1.82, 2.24) is 14.2 Å². The molecule has 1 atom stereocenters. The number of carbonyl (C=O) groups excluding carboxylic acids is 1. The maximum Gasteiger partial charge on any atom is 0.256 e. The van der Waals surface area contributed by atoms with Crippen LogP contribution in [-0.2, 0) is 15.6 Å². The monoisotopic (exact) mass is 402 g/mol. The second kappa shape index (κ2) is 6.02. The van der Waals surface area contributed by atoms with E-state index >= 15 is 0 Å². The maximum atomic E-state index is 13.2. The van der Waals surface area contributed by atoms with Crippen molar-refractivity contribution in [2.75, 3.05) is 19.6 Å². The van der Waals surface area contributed by atoms with Crippen molar-refractivity contribution >= 4 is 27.5 Å². The Morgan fingerprint density at radius 2 is 2.07 bits per heavy atom. The minimum atomic E-state index is -3.96. The molecular weight excluding hydrogens is 388 g/mol. The van der Waals surface area contributed by atoms with Crippen molar-refractivity contribution in [3.63, 3.8) is 0 Å². The lowest BCUT2D eigenvalue weighted by atomic mass is 9.95. The van der Waals surface area contributed by atoms with E-state index in [4.69, 9.17) is 11.6 Å². The number of aromatic nitrogens is 1. The number of nitrogens with zero attached hydrogens (tertiary/aromatic N) is 4. The number of nitriles is 1. The molecule has 3 heterocycles. The molecule has 1 saturated heterocycles. The van der Waals surface area contributed by atoms with Crippen LogP contribution in [0.25, 0.3) is 0 Å². The minimum absolute atomic E-state index is 0.0352. The van der Waals surface area contributed by atoms with Gasteiger partial charge in [-0.15, -0.1) is 0 Å².